The molecule has 0 saturated heterocycles. The summed E-state index contributed by atoms with van der Waals surface area (Å²) in [7, 11) is 1.80. The zero-order valence-electron chi connectivity index (χ0n) is 12.4. The van der Waals surface area contributed by atoms with E-state index < -0.39 is 6.10 Å². The van der Waals surface area contributed by atoms with E-state index >= 15 is 0 Å². The highest BCUT2D eigenvalue weighted by Gasteiger charge is 2.29. The van der Waals surface area contributed by atoms with E-state index in [-0.39, 0.29) is 12.6 Å². The molecular formula is C15H19N5O2. The van der Waals surface area contributed by atoms with Crippen LogP contribution in [0, 0.1) is 5.92 Å². The van der Waals surface area contributed by atoms with Gasteiger partial charge in [0.2, 0.25) is 0 Å². The van der Waals surface area contributed by atoms with Crippen LogP contribution in [0.4, 0.5) is 10.5 Å². The van der Waals surface area contributed by atoms with E-state index in [4.69, 9.17) is 0 Å². The molecule has 1 aliphatic carbocycles. The number of nitrogens with zero attached hydrogens (tertiary/aromatic N) is 3. The van der Waals surface area contributed by atoms with Gasteiger partial charge in [0.05, 0.1) is 11.8 Å². The number of pyridine rings is 1. The van der Waals surface area contributed by atoms with Gasteiger partial charge in [0.25, 0.3) is 0 Å². The molecule has 2 heterocycles. The van der Waals surface area contributed by atoms with Gasteiger partial charge in [-0.3, -0.25) is 9.67 Å². The summed E-state index contributed by atoms with van der Waals surface area (Å²) < 4.78 is 1.64. The van der Waals surface area contributed by atoms with E-state index in [1.54, 1.807) is 30.3 Å². The third-order valence-electron chi connectivity index (χ3n) is 3.67. The molecule has 0 spiro atoms. The molecule has 7 heteroatoms. The number of rotatable bonds is 5. The highest BCUT2D eigenvalue weighted by molar-refractivity contribution is 5.93. The Morgan fingerprint density at radius 3 is 2.86 bits per heavy atom. The largest absolute Gasteiger partial charge is 0.391 e. The summed E-state index contributed by atoms with van der Waals surface area (Å²) in [5.41, 5.74) is 2.18. The first kappa shape index (κ1) is 14.5. The number of aromatic nitrogens is 3. The topological polar surface area (TPSA) is 92.1 Å². The van der Waals surface area contributed by atoms with Crippen LogP contribution in [0.2, 0.25) is 0 Å². The molecule has 2 aromatic rings. The maximum absolute atomic E-state index is 12.0. The number of nitrogens with one attached hydrogen (secondary N) is 2. The summed E-state index contributed by atoms with van der Waals surface area (Å²) in [6.45, 7) is 0.265. The molecular weight excluding hydrogens is 282 g/mol. The zero-order chi connectivity index (χ0) is 15.5. The Labute approximate surface area is 128 Å². The third kappa shape index (κ3) is 3.43. The molecule has 1 atom stereocenters. The van der Waals surface area contributed by atoms with Crippen molar-refractivity contribution in [3.05, 3.63) is 30.7 Å². The van der Waals surface area contributed by atoms with Gasteiger partial charge in [-0.2, -0.15) is 5.10 Å². The third-order valence-corrected chi connectivity index (χ3v) is 3.67. The fourth-order valence-electron chi connectivity index (χ4n) is 2.31. The van der Waals surface area contributed by atoms with Crippen LogP contribution < -0.4 is 10.6 Å². The fourth-order valence-corrected chi connectivity index (χ4v) is 2.31. The summed E-state index contributed by atoms with van der Waals surface area (Å²) >= 11 is 0. The number of amides is 2. The van der Waals surface area contributed by atoms with E-state index in [0.29, 0.717) is 17.3 Å². The van der Waals surface area contributed by atoms with E-state index in [0.717, 1.165) is 18.4 Å². The summed E-state index contributed by atoms with van der Waals surface area (Å²) in [5, 5.41) is 19.6. The molecule has 0 unspecified atom stereocenters. The van der Waals surface area contributed by atoms with Crippen molar-refractivity contribution in [2.45, 2.75) is 18.9 Å². The Morgan fingerprint density at radius 2 is 2.18 bits per heavy atom. The van der Waals surface area contributed by atoms with Gasteiger partial charge in [-0.25, -0.2) is 4.79 Å². The number of hydrogen-bond acceptors (Lipinski definition) is 4. The lowest BCUT2D eigenvalue weighted by atomic mass is 10.2. The highest BCUT2D eigenvalue weighted by atomic mass is 16.3. The van der Waals surface area contributed by atoms with Crippen molar-refractivity contribution in [1.29, 1.82) is 0 Å². The SMILES string of the molecule is Cn1cc(NC(=O)NC[C@@H](O)C2CC2)c(-c2ccncc2)n1. The first-order valence-electron chi connectivity index (χ1n) is 7.30. The van der Waals surface area contributed by atoms with Crippen LogP contribution in [0.25, 0.3) is 11.3 Å². The van der Waals surface area contributed by atoms with Crippen molar-refractivity contribution in [2.24, 2.45) is 13.0 Å². The number of anilines is 1. The first-order chi connectivity index (χ1) is 10.6. The minimum absolute atomic E-state index is 0.265. The Morgan fingerprint density at radius 1 is 1.45 bits per heavy atom. The van der Waals surface area contributed by atoms with Crippen molar-refractivity contribution in [1.82, 2.24) is 20.1 Å². The molecule has 0 aliphatic heterocycles. The van der Waals surface area contributed by atoms with Gasteiger partial charge >= 0.3 is 6.03 Å². The summed E-state index contributed by atoms with van der Waals surface area (Å²) in [4.78, 5) is 15.9. The van der Waals surface area contributed by atoms with Crippen LogP contribution in [0.1, 0.15) is 12.8 Å². The first-order valence-corrected chi connectivity index (χ1v) is 7.30. The maximum Gasteiger partial charge on any atom is 0.319 e. The Kier molecular flexibility index (Phi) is 4.06. The molecule has 2 amide bonds. The Hall–Kier alpha value is -2.41. The summed E-state index contributed by atoms with van der Waals surface area (Å²) in [6, 6.07) is 3.33. The molecule has 116 valence electrons. The standard InChI is InChI=1S/C15H19N5O2/c1-20-9-12(14(19-20)11-4-6-16-7-5-11)18-15(22)17-8-13(21)10-2-3-10/h4-7,9-10,13,21H,2-3,8H2,1H3,(H2,17,18,22)/t13-/m1/s1. The average molecular weight is 301 g/mol. The number of urea groups is 1. The molecule has 7 nitrogen and oxygen atoms in total. The summed E-state index contributed by atoms with van der Waals surface area (Å²) in [6.07, 6.45) is 6.73. The predicted molar refractivity (Wildman–Crippen MR) is 82.2 cm³/mol. The zero-order valence-corrected chi connectivity index (χ0v) is 12.4. The smallest absolute Gasteiger partial charge is 0.319 e. The molecule has 1 saturated carbocycles. The van der Waals surface area contributed by atoms with E-state index in [1.807, 2.05) is 12.1 Å². The number of hydrogen-bond donors (Lipinski definition) is 3. The fraction of sp³-hybridized carbons (Fsp3) is 0.400. The van der Waals surface area contributed by atoms with Crippen LogP contribution in [-0.2, 0) is 7.05 Å². The maximum atomic E-state index is 12.0. The number of carbonyl (C=O) groups excluding carboxylic acids is 1. The minimum Gasteiger partial charge on any atom is -0.391 e. The van der Waals surface area contributed by atoms with Crippen LogP contribution in [0.3, 0.4) is 0 Å². The van der Waals surface area contributed by atoms with Crippen LogP contribution >= 0.6 is 0 Å². The molecule has 1 aliphatic rings. The molecule has 0 radical (unpaired) electrons. The van der Waals surface area contributed by atoms with E-state index in [2.05, 4.69) is 20.7 Å². The second-order valence-electron chi connectivity index (χ2n) is 5.54. The van der Waals surface area contributed by atoms with Crippen molar-refractivity contribution >= 4 is 11.7 Å². The molecule has 0 aromatic carbocycles. The lowest BCUT2D eigenvalue weighted by Crippen LogP contribution is -2.36. The van der Waals surface area contributed by atoms with E-state index in [9.17, 15) is 9.90 Å². The molecule has 2 aromatic heterocycles. The molecule has 3 rings (SSSR count). The Balaban J connectivity index is 1.65. The van der Waals surface area contributed by atoms with Gasteiger partial charge in [-0.15, -0.1) is 0 Å². The van der Waals surface area contributed by atoms with Crippen molar-refractivity contribution in [2.75, 3.05) is 11.9 Å². The van der Waals surface area contributed by atoms with Gasteiger partial charge in [0, 0.05) is 37.7 Å². The lowest BCUT2D eigenvalue weighted by Gasteiger charge is -2.11. The molecule has 1 fully saturated rings. The number of aryl methyl sites for hydroxylation is 1. The number of aliphatic hydroxyl groups is 1. The number of aliphatic hydroxyl groups excluding tert-OH is 1. The van der Waals surface area contributed by atoms with Gasteiger partial charge in [0.15, 0.2) is 0 Å². The molecule has 3 N–H and O–H groups in total. The van der Waals surface area contributed by atoms with Crippen LogP contribution in [-0.4, -0.2) is 38.6 Å². The lowest BCUT2D eigenvalue weighted by molar-refractivity contribution is 0.150. The van der Waals surface area contributed by atoms with Crippen LogP contribution in [0.5, 0.6) is 0 Å². The van der Waals surface area contributed by atoms with E-state index in [1.165, 1.54) is 0 Å². The Bertz CT molecular complexity index is 651. The van der Waals surface area contributed by atoms with Crippen molar-refractivity contribution < 1.29 is 9.90 Å². The quantitative estimate of drug-likeness (QED) is 0.778. The highest BCUT2D eigenvalue weighted by Crippen LogP contribution is 2.32. The monoisotopic (exact) mass is 301 g/mol. The van der Waals surface area contributed by atoms with Crippen molar-refractivity contribution in [3.63, 3.8) is 0 Å². The molecule has 22 heavy (non-hydrogen) atoms. The van der Waals surface area contributed by atoms with Gasteiger partial charge < -0.3 is 15.7 Å². The van der Waals surface area contributed by atoms with Crippen molar-refractivity contribution in [3.8, 4) is 11.3 Å². The number of carbonyl (C=O) groups is 1. The van der Waals surface area contributed by atoms with Gasteiger partial charge in [-0.05, 0) is 30.9 Å². The molecule has 0 bridgehead atoms. The minimum atomic E-state index is -0.459. The van der Waals surface area contributed by atoms with Crippen LogP contribution in [0.15, 0.2) is 30.7 Å². The predicted octanol–water partition coefficient (Wildman–Crippen LogP) is 1.37. The van der Waals surface area contributed by atoms with Gasteiger partial charge in [-0.1, -0.05) is 0 Å². The summed E-state index contributed by atoms with van der Waals surface area (Å²) in [5.74, 6) is 0.339. The second kappa shape index (κ2) is 6.15. The van der Waals surface area contributed by atoms with Gasteiger partial charge in [0.1, 0.15) is 5.69 Å². The normalized spacial score (nSPS) is 15.4. The second-order valence-corrected chi connectivity index (χ2v) is 5.54. The average Bonchev–Trinajstić information content (AvgIpc) is 3.30.